The molecule has 0 aliphatic carbocycles. The zero-order valence-corrected chi connectivity index (χ0v) is 8.38. The van der Waals surface area contributed by atoms with Crippen LogP contribution >= 0.6 is 11.6 Å². The number of anilines is 1. The lowest BCUT2D eigenvalue weighted by Gasteiger charge is -2.20. The van der Waals surface area contributed by atoms with Crippen molar-refractivity contribution >= 4 is 23.3 Å². The smallest absolute Gasteiger partial charge is 0.328 e. The molecule has 0 aliphatic heterocycles. The number of hydrogen-bond acceptors (Lipinski definition) is 3. The minimum absolute atomic E-state index is 0.321. The first-order valence-corrected chi connectivity index (χ1v) is 4.31. The van der Waals surface area contributed by atoms with E-state index in [1.54, 1.807) is 6.07 Å². The van der Waals surface area contributed by atoms with Crippen molar-refractivity contribution in [2.75, 3.05) is 5.73 Å². The van der Waals surface area contributed by atoms with Gasteiger partial charge in [0.05, 0.1) is 10.7 Å². The van der Waals surface area contributed by atoms with Crippen LogP contribution in [0, 0.1) is 0 Å². The van der Waals surface area contributed by atoms with Crippen molar-refractivity contribution in [2.24, 2.45) is 5.73 Å². The molecule has 76 valence electrons. The van der Waals surface area contributed by atoms with Crippen molar-refractivity contribution in [2.45, 2.75) is 12.5 Å². The van der Waals surface area contributed by atoms with E-state index in [9.17, 15) is 4.79 Å². The van der Waals surface area contributed by atoms with Gasteiger partial charge in [0.1, 0.15) is 5.54 Å². The Bertz CT molecular complexity index is 377. The van der Waals surface area contributed by atoms with Crippen LogP contribution in [0.4, 0.5) is 5.69 Å². The van der Waals surface area contributed by atoms with E-state index in [-0.39, 0.29) is 0 Å². The van der Waals surface area contributed by atoms with E-state index in [1.807, 2.05) is 0 Å². The number of nitrogen functional groups attached to an aromatic ring is 1. The molecule has 14 heavy (non-hydrogen) atoms. The molecule has 0 amide bonds. The second-order valence-corrected chi connectivity index (χ2v) is 3.65. The monoisotopic (exact) mass is 214 g/mol. The van der Waals surface area contributed by atoms with Gasteiger partial charge in [-0.25, -0.2) is 4.79 Å². The van der Waals surface area contributed by atoms with Crippen LogP contribution in [-0.2, 0) is 10.3 Å². The molecule has 1 aromatic rings. The molecule has 1 aromatic carbocycles. The van der Waals surface area contributed by atoms with Crippen LogP contribution in [0.15, 0.2) is 18.2 Å². The van der Waals surface area contributed by atoms with Crippen molar-refractivity contribution < 1.29 is 9.90 Å². The molecule has 5 heteroatoms. The van der Waals surface area contributed by atoms with E-state index in [0.717, 1.165) is 0 Å². The molecule has 0 fully saturated rings. The molecule has 1 unspecified atom stereocenters. The number of hydrogen-bond donors (Lipinski definition) is 3. The van der Waals surface area contributed by atoms with E-state index in [4.69, 9.17) is 28.2 Å². The van der Waals surface area contributed by atoms with Gasteiger partial charge in [-0.15, -0.1) is 0 Å². The number of carboxylic acids is 1. The maximum absolute atomic E-state index is 10.8. The molecule has 0 aliphatic rings. The molecule has 0 bridgehead atoms. The van der Waals surface area contributed by atoms with Gasteiger partial charge in [0.2, 0.25) is 0 Å². The SMILES string of the molecule is CC(N)(C(=O)O)c1ccc(Cl)c(N)c1. The molecule has 1 rings (SSSR count). The van der Waals surface area contributed by atoms with E-state index in [2.05, 4.69) is 0 Å². The Morgan fingerprint density at radius 1 is 1.57 bits per heavy atom. The molecular weight excluding hydrogens is 204 g/mol. The first-order valence-electron chi connectivity index (χ1n) is 3.93. The van der Waals surface area contributed by atoms with Gasteiger partial charge in [0, 0.05) is 0 Å². The minimum Gasteiger partial charge on any atom is -0.480 e. The molecule has 0 aromatic heterocycles. The zero-order chi connectivity index (χ0) is 10.9. The van der Waals surface area contributed by atoms with E-state index >= 15 is 0 Å². The average Bonchev–Trinajstić information content (AvgIpc) is 2.09. The fraction of sp³-hybridized carbons (Fsp3) is 0.222. The van der Waals surface area contributed by atoms with Crippen molar-refractivity contribution in [3.63, 3.8) is 0 Å². The van der Waals surface area contributed by atoms with Crippen LogP contribution < -0.4 is 11.5 Å². The molecule has 0 saturated carbocycles. The number of carboxylic acid groups (broad SMARTS) is 1. The zero-order valence-electron chi connectivity index (χ0n) is 7.62. The predicted molar refractivity (Wildman–Crippen MR) is 55.0 cm³/mol. The van der Waals surface area contributed by atoms with E-state index < -0.39 is 11.5 Å². The summed E-state index contributed by atoms with van der Waals surface area (Å²) in [5.41, 5.74) is 10.4. The van der Waals surface area contributed by atoms with Crippen LogP contribution in [0.2, 0.25) is 5.02 Å². The second kappa shape index (κ2) is 3.48. The Kier molecular flexibility index (Phi) is 2.69. The summed E-state index contributed by atoms with van der Waals surface area (Å²) < 4.78 is 0. The van der Waals surface area contributed by atoms with Crippen molar-refractivity contribution in [3.05, 3.63) is 28.8 Å². The van der Waals surface area contributed by atoms with E-state index in [1.165, 1.54) is 19.1 Å². The summed E-state index contributed by atoms with van der Waals surface area (Å²) in [7, 11) is 0. The molecule has 1 atom stereocenters. The summed E-state index contributed by atoms with van der Waals surface area (Å²) in [6, 6.07) is 4.55. The third kappa shape index (κ3) is 1.81. The number of benzene rings is 1. The highest BCUT2D eigenvalue weighted by atomic mass is 35.5. The Balaban J connectivity index is 3.21. The topological polar surface area (TPSA) is 89.3 Å². The maximum atomic E-state index is 10.8. The molecule has 0 saturated heterocycles. The normalized spacial score (nSPS) is 14.8. The maximum Gasteiger partial charge on any atom is 0.328 e. The summed E-state index contributed by atoms with van der Waals surface area (Å²) in [6.45, 7) is 1.40. The van der Waals surface area contributed by atoms with Crippen molar-refractivity contribution in [1.82, 2.24) is 0 Å². The number of carbonyl (C=O) groups is 1. The van der Waals surface area contributed by atoms with Gasteiger partial charge in [-0.3, -0.25) is 0 Å². The number of rotatable bonds is 2. The first-order chi connectivity index (χ1) is 6.35. The molecule has 0 heterocycles. The summed E-state index contributed by atoms with van der Waals surface area (Å²) in [6.07, 6.45) is 0. The lowest BCUT2D eigenvalue weighted by molar-refractivity contribution is -0.143. The highest BCUT2D eigenvalue weighted by Gasteiger charge is 2.30. The van der Waals surface area contributed by atoms with Crippen LogP contribution in [0.25, 0.3) is 0 Å². The average molecular weight is 215 g/mol. The largest absolute Gasteiger partial charge is 0.480 e. The third-order valence-electron chi connectivity index (χ3n) is 2.04. The van der Waals surface area contributed by atoms with Crippen LogP contribution in [0.5, 0.6) is 0 Å². The Hall–Kier alpha value is -1.26. The summed E-state index contributed by atoms with van der Waals surface area (Å²) in [5.74, 6) is -1.11. The van der Waals surface area contributed by atoms with Gasteiger partial charge in [-0.1, -0.05) is 17.7 Å². The van der Waals surface area contributed by atoms with Crippen molar-refractivity contribution in [3.8, 4) is 0 Å². The van der Waals surface area contributed by atoms with Gasteiger partial charge in [-0.2, -0.15) is 0 Å². The Morgan fingerprint density at radius 2 is 2.14 bits per heavy atom. The Morgan fingerprint density at radius 3 is 2.57 bits per heavy atom. The standard InChI is InChI=1S/C9H11ClN2O2/c1-9(12,8(13)14)5-2-3-6(10)7(11)4-5/h2-4H,11-12H2,1H3,(H,13,14). The van der Waals surface area contributed by atoms with Gasteiger partial charge in [0.25, 0.3) is 0 Å². The van der Waals surface area contributed by atoms with Gasteiger partial charge in [0.15, 0.2) is 0 Å². The summed E-state index contributed by atoms with van der Waals surface area (Å²) >= 11 is 5.70. The molecule has 0 spiro atoms. The van der Waals surface area contributed by atoms with Crippen molar-refractivity contribution in [1.29, 1.82) is 0 Å². The quantitative estimate of drug-likeness (QED) is 0.645. The van der Waals surface area contributed by atoms with Gasteiger partial charge >= 0.3 is 5.97 Å². The number of nitrogens with two attached hydrogens (primary N) is 2. The molecular formula is C9H11ClN2O2. The molecule has 0 radical (unpaired) electrons. The van der Waals surface area contributed by atoms with Crippen LogP contribution in [0.3, 0.4) is 0 Å². The minimum atomic E-state index is -1.45. The molecule has 4 nitrogen and oxygen atoms in total. The number of aliphatic carboxylic acids is 1. The van der Waals surface area contributed by atoms with Crippen LogP contribution in [-0.4, -0.2) is 11.1 Å². The highest BCUT2D eigenvalue weighted by molar-refractivity contribution is 6.33. The second-order valence-electron chi connectivity index (χ2n) is 3.24. The fourth-order valence-corrected chi connectivity index (χ4v) is 1.11. The highest BCUT2D eigenvalue weighted by Crippen LogP contribution is 2.25. The Labute approximate surface area is 86.5 Å². The third-order valence-corrected chi connectivity index (χ3v) is 2.38. The lowest BCUT2D eigenvalue weighted by atomic mass is 9.93. The van der Waals surface area contributed by atoms with Gasteiger partial charge < -0.3 is 16.6 Å². The summed E-state index contributed by atoms with van der Waals surface area (Å²) in [5, 5.41) is 9.24. The van der Waals surface area contributed by atoms with Gasteiger partial charge in [-0.05, 0) is 24.6 Å². The molecule has 5 N–H and O–H groups in total. The fourth-order valence-electron chi connectivity index (χ4n) is 0.990. The van der Waals surface area contributed by atoms with Crippen LogP contribution in [0.1, 0.15) is 12.5 Å². The first kappa shape index (κ1) is 10.8. The predicted octanol–water partition coefficient (Wildman–Crippen LogP) is 1.18. The number of halogens is 1. The van der Waals surface area contributed by atoms with E-state index in [0.29, 0.717) is 16.3 Å². The summed E-state index contributed by atoms with van der Waals surface area (Å²) in [4.78, 5) is 10.8. The lowest BCUT2D eigenvalue weighted by Crippen LogP contribution is -2.41.